The third-order valence-electron chi connectivity index (χ3n) is 4.62. The second kappa shape index (κ2) is 7.52. The van der Waals surface area contributed by atoms with Gasteiger partial charge < -0.3 is 9.55 Å². The first-order valence-electron chi connectivity index (χ1n) is 8.62. The van der Waals surface area contributed by atoms with E-state index in [9.17, 15) is 9.59 Å². The number of thioether (sulfide) groups is 1. The van der Waals surface area contributed by atoms with E-state index in [4.69, 9.17) is 0 Å². The Bertz CT molecular complexity index is 1030. The molecule has 7 heteroatoms. The number of ketones is 2. The molecule has 0 unspecified atom stereocenters. The fourth-order valence-corrected chi connectivity index (χ4v) is 4.04. The summed E-state index contributed by atoms with van der Waals surface area (Å²) in [4.78, 5) is 27.5. The molecule has 0 spiro atoms. The van der Waals surface area contributed by atoms with Crippen molar-refractivity contribution in [3.05, 3.63) is 52.3 Å². The van der Waals surface area contributed by atoms with Crippen LogP contribution in [0.5, 0.6) is 0 Å². The zero-order valence-electron chi connectivity index (χ0n) is 16.1. The highest BCUT2D eigenvalue weighted by molar-refractivity contribution is 7.99. The van der Waals surface area contributed by atoms with Crippen molar-refractivity contribution in [1.82, 2.24) is 19.7 Å². The van der Waals surface area contributed by atoms with Gasteiger partial charge in [-0.1, -0.05) is 36.0 Å². The summed E-state index contributed by atoms with van der Waals surface area (Å²) in [6, 6.07) is 7.99. The van der Waals surface area contributed by atoms with E-state index >= 15 is 0 Å². The van der Waals surface area contributed by atoms with Crippen molar-refractivity contribution in [2.24, 2.45) is 7.05 Å². The van der Waals surface area contributed by atoms with Gasteiger partial charge in [0, 0.05) is 23.9 Å². The molecular formula is C20H22N4O2S. The van der Waals surface area contributed by atoms with Crippen LogP contribution >= 0.6 is 11.8 Å². The molecule has 140 valence electrons. The van der Waals surface area contributed by atoms with Gasteiger partial charge in [-0.3, -0.25) is 9.59 Å². The highest BCUT2D eigenvalue weighted by Crippen LogP contribution is 2.26. The molecule has 6 nitrogen and oxygen atoms in total. The highest BCUT2D eigenvalue weighted by atomic mass is 32.2. The van der Waals surface area contributed by atoms with Crippen LogP contribution in [0.25, 0.3) is 11.4 Å². The molecule has 27 heavy (non-hydrogen) atoms. The van der Waals surface area contributed by atoms with Crippen molar-refractivity contribution in [3.63, 3.8) is 0 Å². The van der Waals surface area contributed by atoms with Crippen molar-refractivity contribution >= 4 is 23.3 Å². The molecule has 0 fully saturated rings. The van der Waals surface area contributed by atoms with Crippen LogP contribution in [0.3, 0.4) is 0 Å². The topological polar surface area (TPSA) is 80.6 Å². The monoisotopic (exact) mass is 382 g/mol. The summed E-state index contributed by atoms with van der Waals surface area (Å²) in [5.74, 6) is 0.893. The molecule has 0 aliphatic heterocycles. The average molecular weight is 382 g/mol. The maximum atomic E-state index is 12.6. The van der Waals surface area contributed by atoms with Gasteiger partial charge in [-0.05, 0) is 38.8 Å². The van der Waals surface area contributed by atoms with Crippen LogP contribution in [-0.4, -0.2) is 37.1 Å². The zero-order valence-corrected chi connectivity index (χ0v) is 16.9. The molecule has 0 amide bonds. The van der Waals surface area contributed by atoms with Crippen molar-refractivity contribution < 1.29 is 9.59 Å². The number of aromatic amines is 1. The molecule has 0 aliphatic rings. The van der Waals surface area contributed by atoms with Crippen LogP contribution < -0.4 is 0 Å². The van der Waals surface area contributed by atoms with E-state index in [1.54, 1.807) is 6.92 Å². The van der Waals surface area contributed by atoms with Crippen molar-refractivity contribution in [2.75, 3.05) is 5.75 Å². The predicted octanol–water partition coefficient (Wildman–Crippen LogP) is 3.91. The summed E-state index contributed by atoms with van der Waals surface area (Å²) < 4.78 is 1.90. The Morgan fingerprint density at radius 1 is 1.15 bits per heavy atom. The number of aromatic nitrogens is 4. The van der Waals surface area contributed by atoms with Crippen LogP contribution in [0.4, 0.5) is 0 Å². The Morgan fingerprint density at radius 3 is 2.48 bits per heavy atom. The zero-order chi connectivity index (χ0) is 19.7. The van der Waals surface area contributed by atoms with Gasteiger partial charge in [0.2, 0.25) is 0 Å². The van der Waals surface area contributed by atoms with Crippen LogP contribution in [0, 0.1) is 20.8 Å². The number of carbonyl (C=O) groups excluding carboxylic acids is 2. The molecule has 0 radical (unpaired) electrons. The molecule has 2 heterocycles. The fraction of sp³-hybridized carbons (Fsp3) is 0.300. The maximum absolute atomic E-state index is 12.6. The Labute approximate surface area is 162 Å². The number of nitrogens with one attached hydrogen (secondary N) is 1. The number of hydrogen-bond acceptors (Lipinski definition) is 5. The summed E-state index contributed by atoms with van der Waals surface area (Å²) in [6.07, 6.45) is 0. The number of rotatable bonds is 6. The number of benzene rings is 1. The smallest absolute Gasteiger partial charge is 0.191 e. The second-order valence-electron chi connectivity index (χ2n) is 6.57. The number of carbonyl (C=O) groups is 2. The molecule has 0 bridgehead atoms. The Hall–Kier alpha value is -2.67. The van der Waals surface area contributed by atoms with E-state index in [0.717, 1.165) is 22.6 Å². The van der Waals surface area contributed by atoms with Gasteiger partial charge in [0.25, 0.3) is 0 Å². The first kappa shape index (κ1) is 19.1. The molecule has 1 aromatic carbocycles. The molecule has 0 atom stereocenters. The summed E-state index contributed by atoms with van der Waals surface area (Å²) >= 11 is 1.34. The minimum Gasteiger partial charge on any atom is -0.355 e. The first-order valence-corrected chi connectivity index (χ1v) is 9.61. The average Bonchev–Trinajstić information content (AvgIpc) is 3.12. The lowest BCUT2D eigenvalue weighted by Gasteiger charge is -2.06. The van der Waals surface area contributed by atoms with E-state index in [1.165, 1.54) is 18.7 Å². The Morgan fingerprint density at radius 2 is 1.85 bits per heavy atom. The predicted molar refractivity (Wildman–Crippen MR) is 107 cm³/mol. The molecule has 2 aromatic heterocycles. The molecular weight excluding hydrogens is 360 g/mol. The fourth-order valence-electron chi connectivity index (χ4n) is 3.26. The minimum absolute atomic E-state index is 0.0378. The summed E-state index contributed by atoms with van der Waals surface area (Å²) in [6.45, 7) is 7.16. The summed E-state index contributed by atoms with van der Waals surface area (Å²) in [5.41, 5.74) is 4.68. The largest absolute Gasteiger partial charge is 0.355 e. The van der Waals surface area contributed by atoms with Gasteiger partial charge >= 0.3 is 0 Å². The Kier molecular flexibility index (Phi) is 5.32. The number of Topliss-reactive ketones (excluding diaryl/α,β-unsaturated/α-hetero) is 2. The molecule has 0 saturated heterocycles. The molecule has 0 saturated carbocycles. The number of nitrogens with zero attached hydrogens (tertiary/aromatic N) is 3. The lowest BCUT2D eigenvalue weighted by Crippen LogP contribution is -2.06. The maximum Gasteiger partial charge on any atom is 0.191 e. The third kappa shape index (κ3) is 3.60. The molecule has 1 N–H and O–H groups in total. The van der Waals surface area contributed by atoms with Gasteiger partial charge in [0.05, 0.1) is 11.4 Å². The van der Waals surface area contributed by atoms with Gasteiger partial charge in [-0.25, -0.2) is 0 Å². The number of aryl methyl sites for hydroxylation is 2. The number of hydrogen-bond donors (Lipinski definition) is 1. The lowest BCUT2D eigenvalue weighted by atomic mass is 10.1. The van der Waals surface area contributed by atoms with Gasteiger partial charge in [-0.2, -0.15) is 0 Å². The highest BCUT2D eigenvalue weighted by Gasteiger charge is 2.21. The van der Waals surface area contributed by atoms with Crippen LogP contribution in [0.1, 0.15) is 44.6 Å². The summed E-state index contributed by atoms with van der Waals surface area (Å²) in [7, 11) is 1.90. The second-order valence-corrected chi connectivity index (χ2v) is 7.52. The van der Waals surface area contributed by atoms with E-state index in [0.29, 0.717) is 22.0 Å². The molecule has 3 aromatic rings. The standard InChI is InChI=1S/C20H22N4O2S/c1-11-8-6-7-9-15(11)19-22-23-20(24(19)5)27-10-16(26)18-12(2)17(14(4)25)13(3)21-18/h6-9,21H,10H2,1-5H3. The number of H-pyrrole nitrogens is 1. The lowest BCUT2D eigenvalue weighted by molar-refractivity contribution is 0.101. The van der Waals surface area contributed by atoms with E-state index in [-0.39, 0.29) is 17.3 Å². The SMILES string of the molecule is CC(=O)c1c(C)[nH]c(C(=O)CSc2nnc(-c3ccccc3C)n2C)c1C. The summed E-state index contributed by atoms with van der Waals surface area (Å²) in [5, 5.41) is 9.19. The van der Waals surface area contributed by atoms with E-state index in [1.807, 2.05) is 49.7 Å². The van der Waals surface area contributed by atoms with E-state index in [2.05, 4.69) is 15.2 Å². The third-order valence-corrected chi connectivity index (χ3v) is 5.64. The molecule has 3 rings (SSSR count). The van der Waals surface area contributed by atoms with E-state index < -0.39 is 0 Å². The molecule has 0 aliphatic carbocycles. The van der Waals surface area contributed by atoms with Crippen LogP contribution in [-0.2, 0) is 7.05 Å². The minimum atomic E-state index is -0.0615. The normalized spacial score (nSPS) is 11.0. The van der Waals surface area contributed by atoms with Crippen LogP contribution in [0.15, 0.2) is 29.4 Å². The Balaban J connectivity index is 1.79. The van der Waals surface area contributed by atoms with Gasteiger partial charge in [0.1, 0.15) is 0 Å². The van der Waals surface area contributed by atoms with Crippen molar-refractivity contribution in [3.8, 4) is 11.4 Å². The quantitative estimate of drug-likeness (QED) is 0.516. The van der Waals surface area contributed by atoms with Gasteiger partial charge in [0.15, 0.2) is 22.5 Å². The van der Waals surface area contributed by atoms with Crippen molar-refractivity contribution in [1.29, 1.82) is 0 Å². The van der Waals surface area contributed by atoms with Gasteiger partial charge in [-0.15, -0.1) is 10.2 Å². The van der Waals surface area contributed by atoms with Crippen LogP contribution in [0.2, 0.25) is 0 Å². The van der Waals surface area contributed by atoms with Crippen molar-refractivity contribution in [2.45, 2.75) is 32.9 Å². The first-order chi connectivity index (χ1) is 12.8.